The third-order valence-electron chi connectivity index (χ3n) is 2.03. The Morgan fingerprint density at radius 2 is 2.12 bits per heavy atom. The fraction of sp³-hybridized carbons (Fsp3) is 0.500. The van der Waals surface area contributed by atoms with Crippen molar-refractivity contribution in [3.05, 3.63) is 12.4 Å². The summed E-state index contributed by atoms with van der Waals surface area (Å²) in [5.74, 6) is -0.939. The molecule has 0 atom stereocenters. The Bertz CT molecular complexity index is 373. The molecule has 0 saturated heterocycles. The predicted octanol–water partition coefficient (Wildman–Crippen LogP) is 1.00. The smallest absolute Gasteiger partial charge is 0.303 e. The highest BCUT2D eigenvalue weighted by molar-refractivity contribution is 5.90. The second kappa shape index (κ2) is 5.89. The van der Waals surface area contributed by atoms with Crippen LogP contribution >= 0.6 is 0 Å². The van der Waals surface area contributed by atoms with E-state index in [0.29, 0.717) is 24.9 Å². The zero-order valence-electron chi connectivity index (χ0n) is 9.14. The molecule has 6 nitrogen and oxygen atoms in total. The van der Waals surface area contributed by atoms with Gasteiger partial charge < -0.3 is 10.4 Å². The molecule has 1 aromatic heterocycles. The van der Waals surface area contributed by atoms with Crippen LogP contribution in [0.1, 0.15) is 25.7 Å². The summed E-state index contributed by atoms with van der Waals surface area (Å²) in [7, 11) is 1.77. The number of hydrogen-bond donors (Lipinski definition) is 2. The quantitative estimate of drug-likeness (QED) is 0.707. The summed E-state index contributed by atoms with van der Waals surface area (Å²) in [5, 5.41) is 15.0. The van der Waals surface area contributed by atoms with Gasteiger partial charge in [0.2, 0.25) is 5.91 Å². The molecule has 0 unspecified atom stereocenters. The lowest BCUT2D eigenvalue weighted by Crippen LogP contribution is -2.10. The molecular formula is C10H15N3O3. The molecule has 88 valence electrons. The van der Waals surface area contributed by atoms with E-state index in [0.717, 1.165) is 0 Å². The van der Waals surface area contributed by atoms with Crippen LogP contribution in [0.2, 0.25) is 0 Å². The Morgan fingerprint density at radius 1 is 1.44 bits per heavy atom. The van der Waals surface area contributed by atoms with Crippen LogP contribution in [0.5, 0.6) is 0 Å². The lowest BCUT2D eigenvalue weighted by molar-refractivity contribution is -0.137. The number of aliphatic carboxylic acids is 1. The number of nitrogens with one attached hydrogen (secondary N) is 1. The van der Waals surface area contributed by atoms with E-state index in [-0.39, 0.29) is 12.3 Å². The van der Waals surface area contributed by atoms with E-state index in [2.05, 4.69) is 10.4 Å². The van der Waals surface area contributed by atoms with E-state index in [1.165, 1.54) is 0 Å². The molecule has 0 aromatic carbocycles. The van der Waals surface area contributed by atoms with Gasteiger partial charge in [-0.1, -0.05) is 0 Å². The normalized spacial score (nSPS) is 10.1. The van der Waals surface area contributed by atoms with E-state index >= 15 is 0 Å². The first-order valence-electron chi connectivity index (χ1n) is 5.08. The van der Waals surface area contributed by atoms with Crippen molar-refractivity contribution in [2.24, 2.45) is 7.05 Å². The first-order valence-corrected chi connectivity index (χ1v) is 5.08. The van der Waals surface area contributed by atoms with Crippen LogP contribution in [0.4, 0.5) is 5.69 Å². The van der Waals surface area contributed by atoms with Gasteiger partial charge in [-0.2, -0.15) is 5.10 Å². The Labute approximate surface area is 93.3 Å². The summed E-state index contributed by atoms with van der Waals surface area (Å²) in [6, 6.07) is 0. The van der Waals surface area contributed by atoms with Crippen LogP contribution in [0.3, 0.4) is 0 Å². The van der Waals surface area contributed by atoms with Crippen molar-refractivity contribution >= 4 is 17.6 Å². The van der Waals surface area contributed by atoms with Gasteiger partial charge in [-0.05, 0) is 12.8 Å². The van der Waals surface area contributed by atoms with Crippen LogP contribution in [0.25, 0.3) is 0 Å². The SMILES string of the molecule is Cn1cc(NC(=O)CCCCC(=O)O)cn1. The molecule has 6 heteroatoms. The molecule has 0 radical (unpaired) electrons. The number of hydrogen-bond acceptors (Lipinski definition) is 3. The van der Waals surface area contributed by atoms with E-state index in [1.807, 2.05) is 0 Å². The lowest BCUT2D eigenvalue weighted by atomic mass is 10.2. The second-order valence-corrected chi connectivity index (χ2v) is 3.55. The number of aryl methyl sites for hydroxylation is 1. The minimum atomic E-state index is -0.826. The maximum absolute atomic E-state index is 11.4. The number of carbonyl (C=O) groups is 2. The van der Waals surface area contributed by atoms with E-state index in [4.69, 9.17) is 5.11 Å². The van der Waals surface area contributed by atoms with Crippen molar-refractivity contribution in [3.63, 3.8) is 0 Å². The van der Waals surface area contributed by atoms with Crippen LogP contribution < -0.4 is 5.32 Å². The lowest BCUT2D eigenvalue weighted by Gasteiger charge is -2.01. The van der Waals surface area contributed by atoms with Gasteiger partial charge in [0, 0.05) is 26.1 Å². The van der Waals surface area contributed by atoms with Crippen molar-refractivity contribution in [2.45, 2.75) is 25.7 Å². The fourth-order valence-electron chi connectivity index (χ4n) is 1.27. The van der Waals surface area contributed by atoms with E-state index in [9.17, 15) is 9.59 Å². The van der Waals surface area contributed by atoms with Crippen molar-refractivity contribution in [1.29, 1.82) is 0 Å². The zero-order valence-corrected chi connectivity index (χ0v) is 9.14. The van der Waals surface area contributed by atoms with Gasteiger partial charge in [-0.3, -0.25) is 14.3 Å². The minimum Gasteiger partial charge on any atom is -0.481 e. The maximum atomic E-state index is 11.4. The number of carboxylic acids is 1. The Morgan fingerprint density at radius 3 is 2.69 bits per heavy atom. The maximum Gasteiger partial charge on any atom is 0.303 e. The summed E-state index contributed by atoms with van der Waals surface area (Å²) in [5.41, 5.74) is 0.658. The van der Waals surface area contributed by atoms with Crippen molar-refractivity contribution in [3.8, 4) is 0 Å². The van der Waals surface area contributed by atoms with Crippen LogP contribution in [0, 0.1) is 0 Å². The van der Waals surface area contributed by atoms with Gasteiger partial charge in [-0.25, -0.2) is 0 Å². The van der Waals surface area contributed by atoms with E-state index in [1.54, 1.807) is 24.1 Å². The standard InChI is InChI=1S/C10H15N3O3/c1-13-7-8(6-11-13)12-9(14)4-2-3-5-10(15)16/h6-7H,2-5H2,1H3,(H,12,14)(H,15,16). The van der Waals surface area contributed by atoms with Gasteiger partial charge in [0.05, 0.1) is 11.9 Å². The number of carboxylic acid groups (broad SMARTS) is 1. The molecule has 0 aliphatic carbocycles. The molecule has 1 heterocycles. The molecule has 16 heavy (non-hydrogen) atoms. The van der Waals surface area contributed by atoms with Gasteiger partial charge in [0.15, 0.2) is 0 Å². The third kappa shape index (κ3) is 4.59. The molecule has 0 bridgehead atoms. The summed E-state index contributed by atoms with van der Waals surface area (Å²) >= 11 is 0. The molecule has 0 spiro atoms. The van der Waals surface area contributed by atoms with E-state index < -0.39 is 5.97 Å². The average Bonchev–Trinajstić information content (AvgIpc) is 2.58. The summed E-state index contributed by atoms with van der Waals surface area (Å²) in [6.45, 7) is 0. The molecule has 0 saturated carbocycles. The van der Waals surface area contributed by atoms with Crippen LogP contribution in [-0.2, 0) is 16.6 Å². The van der Waals surface area contributed by atoms with Crippen molar-refractivity contribution in [1.82, 2.24) is 9.78 Å². The molecule has 0 aliphatic heterocycles. The van der Waals surface area contributed by atoms with Gasteiger partial charge in [0.25, 0.3) is 0 Å². The van der Waals surface area contributed by atoms with Crippen molar-refractivity contribution < 1.29 is 14.7 Å². The number of rotatable bonds is 6. The first kappa shape index (κ1) is 12.2. The molecule has 1 rings (SSSR count). The summed E-state index contributed by atoms with van der Waals surface area (Å²) in [6.07, 6.45) is 4.82. The van der Waals surface area contributed by atoms with Gasteiger partial charge >= 0.3 is 5.97 Å². The largest absolute Gasteiger partial charge is 0.481 e. The molecule has 2 N–H and O–H groups in total. The monoisotopic (exact) mass is 225 g/mol. The first-order chi connectivity index (χ1) is 7.58. The minimum absolute atomic E-state index is 0.111. The number of nitrogens with zero attached hydrogens (tertiary/aromatic N) is 2. The fourth-order valence-corrected chi connectivity index (χ4v) is 1.27. The Hall–Kier alpha value is -1.85. The number of unbranched alkanes of at least 4 members (excludes halogenated alkanes) is 1. The number of carbonyl (C=O) groups excluding carboxylic acids is 1. The molecule has 1 amide bonds. The molecular weight excluding hydrogens is 210 g/mol. The van der Waals surface area contributed by atoms with Crippen LogP contribution in [-0.4, -0.2) is 26.8 Å². The highest BCUT2D eigenvalue weighted by atomic mass is 16.4. The summed E-state index contributed by atoms with van der Waals surface area (Å²) < 4.78 is 1.60. The Kier molecular flexibility index (Phi) is 4.50. The molecule has 0 fully saturated rings. The third-order valence-corrected chi connectivity index (χ3v) is 2.03. The highest BCUT2D eigenvalue weighted by Crippen LogP contribution is 2.06. The summed E-state index contributed by atoms with van der Waals surface area (Å²) in [4.78, 5) is 21.6. The Balaban J connectivity index is 2.18. The topological polar surface area (TPSA) is 84.2 Å². The number of amides is 1. The van der Waals surface area contributed by atoms with Gasteiger partial charge in [-0.15, -0.1) is 0 Å². The predicted molar refractivity (Wildman–Crippen MR) is 57.9 cm³/mol. The highest BCUT2D eigenvalue weighted by Gasteiger charge is 2.04. The second-order valence-electron chi connectivity index (χ2n) is 3.55. The number of anilines is 1. The van der Waals surface area contributed by atoms with Gasteiger partial charge in [0.1, 0.15) is 0 Å². The average molecular weight is 225 g/mol. The number of aromatic nitrogens is 2. The van der Waals surface area contributed by atoms with Crippen molar-refractivity contribution in [2.75, 3.05) is 5.32 Å². The molecule has 0 aliphatic rings. The molecule has 1 aromatic rings. The zero-order chi connectivity index (χ0) is 12.0. The van der Waals surface area contributed by atoms with Crippen LogP contribution in [0.15, 0.2) is 12.4 Å².